The Morgan fingerprint density at radius 3 is 2.74 bits per heavy atom. The highest BCUT2D eigenvalue weighted by atomic mass is 35.5. The summed E-state index contributed by atoms with van der Waals surface area (Å²) in [6, 6.07) is 2.95. The molecule has 0 radical (unpaired) electrons. The summed E-state index contributed by atoms with van der Waals surface area (Å²) in [5.74, 6) is -0.594. The molecule has 4 heterocycles. The van der Waals surface area contributed by atoms with Crippen LogP contribution < -0.4 is 5.32 Å². The van der Waals surface area contributed by atoms with Crippen LogP contribution in [0.1, 0.15) is 23.3 Å². The molecule has 0 aromatic carbocycles. The maximum Gasteiger partial charge on any atom is 0.270 e. The lowest BCUT2D eigenvalue weighted by Gasteiger charge is -2.44. The molecule has 4 nitrogen and oxygen atoms in total. The summed E-state index contributed by atoms with van der Waals surface area (Å²) >= 11 is 5.55. The predicted octanol–water partition coefficient (Wildman–Crippen LogP) is 1.70. The van der Waals surface area contributed by atoms with Gasteiger partial charge in [0.25, 0.3) is 5.91 Å². The minimum Gasteiger partial charge on any atom is -0.346 e. The Morgan fingerprint density at radius 2 is 2.16 bits per heavy atom. The molecule has 1 aromatic rings. The number of halogens is 2. The highest BCUT2D eigenvalue weighted by Crippen LogP contribution is 2.27. The molecule has 1 aromatic heterocycles. The number of hydrogen-bond acceptors (Lipinski definition) is 3. The first-order chi connectivity index (χ1) is 9.13. The highest BCUT2D eigenvalue weighted by molar-refractivity contribution is 6.30. The molecule has 6 heteroatoms. The molecule has 0 spiro atoms. The largest absolute Gasteiger partial charge is 0.346 e. The second-order valence-electron chi connectivity index (χ2n) is 5.19. The lowest BCUT2D eigenvalue weighted by atomic mass is 9.84. The summed E-state index contributed by atoms with van der Waals surface area (Å²) < 4.78 is 13.2. The lowest BCUT2D eigenvalue weighted by Crippen LogP contribution is -2.57. The van der Waals surface area contributed by atoms with E-state index in [1.54, 1.807) is 0 Å². The first-order valence-corrected chi connectivity index (χ1v) is 6.86. The average Bonchev–Trinajstić information content (AvgIpc) is 2.43. The van der Waals surface area contributed by atoms with E-state index in [0.29, 0.717) is 5.92 Å². The third-order valence-corrected chi connectivity index (χ3v) is 4.29. The van der Waals surface area contributed by atoms with Crippen molar-refractivity contribution in [2.75, 3.05) is 19.6 Å². The summed E-state index contributed by atoms with van der Waals surface area (Å²) in [6.07, 6.45) is 2.24. The van der Waals surface area contributed by atoms with Gasteiger partial charge in [0.2, 0.25) is 5.95 Å². The highest BCUT2D eigenvalue weighted by Gasteiger charge is 2.35. The SMILES string of the molecule is O=C(N[C@H]1CN2CCC1CC2)c1ccc(Cl)c(F)n1. The van der Waals surface area contributed by atoms with Gasteiger partial charge in [-0.1, -0.05) is 11.6 Å². The number of aromatic nitrogens is 1. The van der Waals surface area contributed by atoms with Gasteiger partial charge in [0, 0.05) is 12.6 Å². The number of nitrogens with zero attached hydrogens (tertiary/aromatic N) is 2. The maximum absolute atomic E-state index is 13.2. The normalized spacial score (nSPS) is 29.3. The number of carbonyl (C=O) groups excluding carboxylic acids is 1. The summed E-state index contributed by atoms with van der Waals surface area (Å²) in [5, 5.41) is 2.89. The van der Waals surface area contributed by atoms with Crippen LogP contribution in [0, 0.1) is 11.9 Å². The van der Waals surface area contributed by atoms with E-state index in [4.69, 9.17) is 11.6 Å². The van der Waals surface area contributed by atoms with Gasteiger partial charge in [0.15, 0.2) is 0 Å². The molecule has 0 aliphatic carbocycles. The third kappa shape index (κ3) is 2.58. The van der Waals surface area contributed by atoms with Crippen LogP contribution in [0.15, 0.2) is 12.1 Å². The number of hydrogen-bond donors (Lipinski definition) is 1. The average molecular weight is 284 g/mol. The van der Waals surface area contributed by atoms with E-state index in [2.05, 4.69) is 15.2 Å². The number of pyridine rings is 1. The number of nitrogens with one attached hydrogen (secondary N) is 1. The Hall–Kier alpha value is -1.20. The molecule has 3 saturated heterocycles. The van der Waals surface area contributed by atoms with Crippen LogP contribution in [0.5, 0.6) is 0 Å². The van der Waals surface area contributed by atoms with Gasteiger partial charge in [-0.05, 0) is 44.0 Å². The molecule has 1 amide bonds. The molecule has 3 aliphatic heterocycles. The molecular formula is C13H15ClFN3O. The quantitative estimate of drug-likeness (QED) is 0.840. The molecule has 3 fully saturated rings. The number of carbonyl (C=O) groups is 1. The number of fused-ring (bicyclic) bond motifs is 3. The topological polar surface area (TPSA) is 45.2 Å². The zero-order valence-corrected chi connectivity index (χ0v) is 11.2. The van der Waals surface area contributed by atoms with Crippen LogP contribution in [0.25, 0.3) is 0 Å². The van der Waals surface area contributed by atoms with Gasteiger partial charge < -0.3 is 10.2 Å². The second-order valence-corrected chi connectivity index (χ2v) is 5.59. The van der Waals surface area contributed by atoms with Gasteiger partial charge in [0.1, 0.15) is 5.69 Å². The van der Waals surface area contributed by atoms with Gasteiger partial charge in [0.05, 0.1) is 5.02 Å². The van der Waals surface area contributed by atoms with Gasteiger partial charge in [-0.2, -0.15) is 4.39 Å². The molecule has 0 saturated carbocycles. The van der Waals surface area contributed by atoms with E-state index in [1.807, 2.05) is 0 Å². The first kappa shape index (κ1) is 12.8. The minimum absolute atomic E-state index is 0.0700. The summed E-state index contributed by atoms with van der Waals surface area (Å²) in [6.45, 7) is 3.11. The molecular weight excluding hydrogens is 269 g/mol. The van der Waals surface area contributed by atoms with Crippen molar-refractivity contribution in [3.8, 4) is 0 Å². The van der Waals surface area contributed by atoms with Gasteiger partial charge >= 0.3 is 0 Å². The van der Waals surface area contributed by atoms with Crippen molar-refractivity contribution in [1.82, 2.24) is 15.2 Å². The Morgan fingerprint density at radius 1 is 1.42 bits per heavy atom. The van der Waals surface area contributed by atoms with Crippen molar-refractivity contribution in [3.05, 3.63) is 28.8 Å². The van der Waals surface area contributed by atoms with Crippen LogP contribution in [0.4, 0.5) is 4.39 Å². The Balaban J connectivity index is 1.69. The van der Waals surface area contributed by atoms with Crippen molar-refractivity contribution in [3.63, 3.8) is 0 Å². The third-order valence-electron chi connectivity index (χ3n) is 4.01. The van der Waals surface area contributed by atoms with Gasteiger partial charge in [-0.3, -0.25) is 4.79 Å². The standard InChI is InChI=1S/C13H15ClFN3O/c14-9-1-2-10(16-12(9)15)13(19)17-11-7-18-5-3-8(11)4-6-18/h1-2,8,11H,3-7H2,(H,17,19)/t11-/m0/s1. The van der Waals surface area contributed by atoms with Crippen molar-refractivity contribution < 1.29 is 9.18 Å². The van der Waals surface area contributed by atoms with Crippen molar-refractivity contribution in [2.24, 2.45) is 5.92 Å². The number of amides is 1. The molecule has 3 aliphatic rings. The fourth-order valence-corrected chi connectivity index (χ4v) is 3.02. The van der Waals surface area contributed by atoms with Crippen LogP contribution >= 0.6 is 11.6 Å². The maximum atomic E-state index is 13.2. The van der Waals surface area contributed by atoms with Crippen LogP contribution in [-0.4, -0.2) is 41.5 Å². The van der Waals surface area contributed by atoms with E-state index in [-0.39, 0.29) is 22.7 Å². The number of rotatable bonds is 2. The van der Waals surface area contributed by atoms with Crippen LogP contribution in [0.2, 0.25) is 5.02 Å². The Kier molecular flexibility index (Phi) is 3.41. The van der Waals surface area contributed by atoms with Crippen molar-refractivity contribution in [2.45, 2.75) is 18.9 Å². The molecule has 0 unspecified atom stereocenters. The fourth-order valence-electron chi connectivity index (χ4n) is 2.91. The second kappa shape index (κ2) is 5.06. The van der Waals surface area contributed by atoms with E-state index >= 15 is 0 Å². The van der Waals surface area contributed by atoms with E-state index in [9.17, 15) is 9.18 Å². The first-order valence-electron chi connectivity index (χ1n) is 6.49. The zero-order valence-electron chi connectivity index (χ0n) is 10.4. The zero-order chi connectivity index (χ0) is 13.4. The molecule has 19 heavy (non-hydrogen) atoms. The van der Waals surface area contributed by atoms with Crippen molar-refractivity contribution >= 4 is 17.5 Å². The smallest absolute Gasteiger partial charge is 0.270 e. The monoisotopic (exact) mass is 283 g/mol. The van der Waals surface area contributed by atoms with Gasteiger partial charge in [-0.25, -0.2) is 4.98 Å². The molecule has 102 valence electrons. The van der Waals surface area contributed by atoms with Crippen LogP contribution in [-0.2, 0) is 0 Å². The molecule has 4 rings (SSSR count). The van der Waals surface area contributed by atoms with E-state index in [0.717, 1.165) is 32.5 Å². The Labute approximate surface area is 115 Å². The fraction of sp³-hybridized carbons (Fsp3) is 0.538. The van der Waals surface area contributed by atoms with Crippen LogP contribution in [0.3, 0.4) is 0 Å². The van der Waals surface area contributed by atoms with Gasteiger partial charge in [-0.15, -0.1) is 0 Å². The van der Waals surface area contributed by atoms with E-state index in [1.165, 1.54) is 12.1 Å². The van der Waals surface area contributed by atoms with Crippen molar-refractivity contribution in [1.29, 1.82) is 0 Å². The predicted molar refractivity (Wildman–Crippen MR) is 69.6 cm³/mol. The minimum atomic E-state index is -0.803. The lowest BCUT2D eigenvalue weighted by molar-refractivity contribution is 0.0617. The molecule has 1 atom stereocenters. The van der Waals surface area contributed by atoms with E-state index < -0.39 is 5.95 Å². The Bertz CT molecular complexity index is 503. The summed E-state index contributed by atoms with van der Waals surface area (Å²) in [7, 11) is 0. The molecule has 1 N–H and O–H groups in total. The molecule has 2 bridgehead atoms. The number of piperidine rings is 3. The summed E-state index contributed by atoms with van der Waals surface area (Å²) in [5.41, 5.74) is 0.0818. The summed E-state index contributed by atoms with van der Waals surface area (Å²) in [4.78, 5) is 18.0.